The average Bonchev–Trinajstić information content (AvgIpc) is 2.46. The summed E-state index contributed by atoms with van der Waals surface area (Å²) in [4.78, 5) is 0. The minimum Gasteiger partial charge on any atom is -0.393 e. The molecule has 0 fully saturated rings. The van der Waals surface area contributed by atoms with Crippen LogP contribution in [0.25, 0.3) is 0 Å². The quantitative estimate of drug-likeness (QED) is 0.326. The van der Waals surface area contributed by atoms with E-state index in [2.05, 4.69) is 12.7 Å². The van der Waals surface area contributed by atoms with Gasteiger partial charge in [0.1, 0.15) is 6.10 Å². The van der Waals surface area contributed by atoms with Crippen LogP contribution in [0.3, 0.4) is 0 Å². The van der Waals surface area contributed by atoms with Gasteiger partial charge in [-0.3, -0.25) is 4.57 Å². The molecule has 0 aliphatic carbocycles. The van der Waals surface area contributed by atoms with Crippen LogP contribution in [0.4, 0.5) is 0 Å². The van der Waals surface area contributed by atoms with Crippen molar-refractivity contribution in [1.82, 2.24) is 0 Å². The zero-order chi connectivity index (χ0) is 16.1. The number of aliphatic hydroxyl groups excluding tert-OH is 2. The molecule has 21 heavy (non-hydrogen) atoms. The Hall–Kier alpha value is -0.410. The summed E-state index contributed by atoms with van der Waals surface area (Å²) in [6.07, 6.45) is 4.96. The fourth-order valence-corrected chi connectivity index (χ4v) is 3.52. The largest absolute Gasteiger partial charge is 0.393 e. The molecule has 0 aliphatic heterocycles. The summed E-state index contributed by atoms with van der Waals surface area (Å²) in [5.74, 6) is 0. The summed E-state index contributed by atoms with van der Waals surface area (Å²) in [6.45, 7) is 5.79. The first-order valence-corrected chi connectivity index (χ1v) is 9.22. The Morgan fingerprint density at radius 1 is 1.19 bits per heavy atom. The second kappa shape index (κ2) is 12.2. The maximum atomic E-state index is 12.8. The molecule has 0 aromatic rings. The van der Waals surface area contributed by atoms with Crippen LogP contribution in [0, 0.1) is 0 Å². The third-order valence-corrected chi connectivity index (χ3v) is 5.04. The van der Waals surface area contributed by atoms with E-state index in [1.807, 2.05) is 0 Å². The van der Waals surface area contributed by atoms with Crippen LogP contribution in [0.1, 0.15) is 52.9 Å². The van der Waals surface area contributed by atoms with E-state index in [1.54, 1.807) is 13.8 Å². The van der Waals surface area contributed by atoms with E-state index in [9.17, 15) is 9.67 Å². The highest BCUT2D eigenvalue weighted by Crippen LogP contribution is 2.57. The summed E-state index contributed by atoms with van der Waals surface area (Å²) in [6, 6.07) is 0. The Morgan fingerprint density at radius 2 is 1.81 bits per heavy atom. The topological polar surface area (TPSA) is 76.0 Å². The fraction of sp³-hybridized carbons (Fsp3) is 0.800. The Balaban J connectivity index is 5.15. The van der Waals surface area contributed by atoms with Crippen molar-refractivity contribution in [2.75, 3.05) is 19.8 Å². The van der Waals surface area contributed by atoms with Gasteiger partial charge in [0, 0.05) is 0 Å². The lowest BCUT2D eigenvalue weighted by Crippen LogP contribution is -2.07. The van der Waals surface area contributed by atoms with Crippen LogP contribution in [0.5, 0.6) is 0 Å². The van der Waals surface area contributed by atoms with Crippen LogP contribution in [-0.2, 0) is 13.6 Å². The smallest absolute Gasteiger partial charge is 0.364 e. The molecular weight excluding hydrogens is 291 g/mol. The third-order valence-electron chi connectivity index (χ3n) is 2.83. The summed E-state index contributed by atoms with van der Waals surface area (Å²) in [5, 5.41) is 18.7. The molecule has 0 bridgehead atoms. The van der Waals surface area contributed by atoms with Gasteiger partial charge in [-0.1, -0.05) is 26.2 Å². The Morgan fingerprint density at radius 3 is 2.29 bits per heavy atom. The van der Waals surface area contributed by atoms with Gasteiger partial charge < -0.3 is 19.3 Å². The molecule has 0 heterocycles. The van der Waals surface area contributed by atoms with Crippen molar-refractivity contribution in [2.45, 2.75) is 59.0 Å². The summed E-state index contributed by atoms with van der Waals surface area (Å²) < 4.78 is 23.4. The second-order valence-electron chi connectivity index (χ2n) is 4.65. The van der Waals surface area contributed by atoms with Gasteiger partial charge in [-0.05, 0) is 32.8 Å². The van der Waals surface area contributed by atoms with E-state index < -0.39 is 20.3 Å². The zero-order valence-corrected chi connectivity index (χ0v) is 14.3. The van der Waals surface area contributed by atoms with Crippen molar-refractivity contribution in [1.29, 1.82) is 0 Å². The van der Waals surface area contributed by atoms with Crippen LogP contribution in [0.15, 0.2) is 17.1 Å². The molecule has 0 radical (unpaired) electrons. The molecule has 0 unspecified atom stereocenters. The van der Waals surface area contributed by atoms with Gasteiger partial charge in [-0.15, -0.1) is 5.73 Å². The summed E-state index contributed by atoms with van der Waals surface area (Å²) >= 11 is 0. The minimum absolute atomic E-state index is 0.278. The predicted octanol–water partition coefficient (Wildman–Crippen LogP) is 3.62. The molecule has 2 N–H and O–H groups in total. The van der Waals surface area contributed by atoms with Gasteiger partial charge in [0.15, 0.2) is 0 Å². The van der Waals surface area contributed by atoms with Crippen LogP contribution >= 0.6 is 7.60 Å². The van der Waals surface area contributed by atoms with Gasteiger partial charge in [0.2, 0.25) is 0 Å². The lowest BCUT2D eigenvalue weighted by atomic mass is 10.1. The molecule has 0 amide bonds. The molecule has 1 atom stereocenters. The molecule has 0 saturated carbocycles. The normalized spacial score (nSPS) is 12.8. The molecule has 6 heteroatoms. The van der Waals surface area contributed by atoms with Crippen LogP contribution in [-0.4, -0.2) is 36.1 Å². The molecule has 0 spiro atoms. The van der Waals surface area contributed by atoms with Crippen LogP contribution in [0.2, 0.25) is 0 Å². The van der Waals surface area contributed by atoms with E-state index in [0.29, 0.717) is 11.7 Å². The molecule has 0 aromatic carbocycles. The maximum absolute atomic E-state index is 12.8. The van der Waals surface area contributed by atoms with Gasteiger partial charge in [-0.2, -0.15) is 0 Å². The van der Waals surface area contributed by atoms with E-state index >= 15 is 0 Å². The van der Waals surface area contributed by atoms with E-state index in [0.717, 1.165) is 25.7 Å². The molecule has 0 rings (SSSR count). The SMILES string of the molecule is CCCCCCC(=C=C[C@@H](O)CO)P(=O)(OCC)OCC. The Labute approximate surface area is 128 Å². The lowest BCUT2D eigenvalue weighted by Gasteiger charge is -2.18. The van der Waals surface area contributed by atoms with Crippen molar-refractivity contribution in [3.8, 4) is 0 Å². The van der Waals surface area contributed by atoms with Gasteiger partial charge in [0.05, 0.1) is 25.1 Å². The highest BCUT2D eigenvalue weighted by molar-refractivity contribution is 7.58. The highest BCUT2D eigenvalue weighted by atomic mass is 31.2. The first-order valence-electron chi connectivity index (χ1n) is 7.68. The van der Waals surface area contributed by atoms with Crippen molar-refractivity contribution in [3.63, 3.8) is 0 Å². The molecular formula is C15H29O5P. The monoisotopic (exact) mass is 320 g/mol. The molecule has 0 aromatic heterocycles. The molecule has 0 aliphatic rings. The zero-order valence-electron chi connectivity index (χ0n) is 13.4. The molecule has 124 valence electrons. The molecule has 0 saturated heterocycles. The second-order valence-corrected chi connectivity index (χ2v) is 6.70. The number of unbranched alkanes of at least 4 members (excludes halogenated alkanes) is 3. The van der Waals surface area contributed by atoms with Crippen molar-refractivity contribution in [3.05, 3.63) is 17.1 Å². The third kappa shape index (κ3) is 8.57. The number of aliphatic hydroxyl groups is 2. The van der Waals surface area contributed by atoms with Crippen molar-refractivity contribution in [2.24, 2.45) is 0 Å². The lowest BCUT2D eigenvalue weighted by molar-refractivity contribution is 0.131. The maximum Gasteiger partial charge on any atom is 0.364 e. The van der Waals surface area contributed by atoms with Crippen molar-refractivity contribution < 1.29 is 23.8 Å². The van der Waals surface area contributed by atoms with Gasteiger partial charge >= 0.3 is 7.60 Å². The fourth-order valence-electron chi connectivity index (χ4n) is 1.79. The first-order chi connectivity index (χ1) is 10.0. The Bertz CT molecular complexity index is 364. The van der Waals surface area contributed by atoms with Crippen LogP contribution < -0.4 is 0 Å². The number of hydrogen-bond acceptors (Lipinski definition) is 5. The van der Waals surface area contributed by atoms with Gasteiger partial charge in [-0.25, -0.2) is 0 Å². The first kappa shape index (κ1) is 20.6. The van der Waals surface area contributed by atoms with Crippen molar-refractivity contribution >= 4 is 7.60 Å². The predicted molar refractivity (Wildman–Crippen MR) is 84.3 cm³/mol. The highest BCUT2D eigenvalue weighted by Gasteiger charge is 2.29. The minimum atomic E-state index is -3.36. The summed E-state index contributed by atoms with van der Waals surface area (Å²) in [5.41, 5.74) is 2.83. The van der Waals surface area contributed by atoms with Gasteiger partial charge in [0.25, 0.3) is 0 Å². The van der Waals surface area contributed by atoms with E-state index in [-0.39, 0.29) is 13.2 Å². The molecule has 5 nitrogen and oxygen atoms in total. The van der Waals surface area contributed by atoms with E-state index in [1.165, 1.54) is 6.08 Å². The Kier molecular flexibility index (Phi) is 11.9. The number of hydrogen-bond donors (Lipinski definition) is 2. The standard InChI is InChI=1S/C15H29O5P/c1-4-7-8-9-10-15(12-11-14(17)13-16)21(18,19-5-2)20-6-3/h11,14,16-17H,4-10,13H2,1-3H3/t12?,14-/m1/s1. The van der Waals surface area contributed by atoms with E-state index in [4.69, 9.17) is 14.2 Å². The summed E-state index contributed by atoms with van der Waals surface area (Å²) in [7, 11) is -3.36. The number of rotatable bonds is 12. The average molecular weight is 320 g/mol.